The number of nitrogens with zero attached hydrogens (tertiary/aromatic N) is 11. The van der Waals surface area contributed by atoms with E-state index in [9.17, 15) is 57.8 Å². The zero-order valence-corrected chi connectivity index (χ0v) is 91.0. The minimum Gasteiger partial charge on any atom is -0.492 e. The van der Waals surface area contributed by atoms with Crippen molar-refractivity contribution >= 4 is 11.4 Å². The third kappa shape index (κ3) is 38.5. The topological polar surface area (TPSA) is 97.7 Å². The number of alkyl halides is 9. The van der Waals surface area contributed by atoms with E-state index >= 15 is 0 Å². The molecule has 1 aromatic heterocycles. The molecule has 0 spiro atoms. The molecule has 8 aromatic rings. The van der Waals surface area contributed by atoms with Crippen LogP contribution in [0.2, 0.25) is 0 Å². The number of likely N-dealkylation sites (tertiary alicyclic amines) is 4. The minimum absolute atomic E-state index is 0.0359. The van der Waals surface area contributed by atoms with Crippen LogP contribution in [0.5, 0.6) is 5.75 Å². The van der Waals surface area contributed by atoms with Crippen LogP contribution in [0.3, 0.4) is 0 Å². The molecule has 6 saturated heterocycles. The Morgan fingerprint density at radius 1 is 0.427 bits per heavy atom. The first kappa shape index (κ1) is 118. The third-order valence-corrected chi connectivity index (χ3v) is 28.0. The molecular weight excluding hydrogens is 1840 g/mol. The van der Waals surface area contributed by atoms with E-state index in [0.717, 1.165) is 143 Å². The number of imidazole rings is 1. The summed E-state index contributed by atoms with van der Waals surface area (Å²) in [6.45, 7) is 62.4. The van der Waals surface area contributed by atoms with Crippen LogP contribution in [-0.2, 0) is 87.3 Å². The van der Waals surface area contributed by atoms with Crippen molar-refractivity contribution in [2.75, 3.05) is 170 Å². The zero-order valence-electron chi connectivity index (χ0n) is 91.0. The summed E-state index contributed by atoms with van der Waals surface area (Å²) < 4.78 is 173. The van der Waals surface area contributed by atoms with E-state index in [1.807, 2.05) is 121 Å². The lowest BCUT2D eigenvalue weighted by molar-refractivity contribution is -0.138. The smallest absolute Gasteiger partial charge is 0.416 e. The number of aromatic nitrogens is 2. The number of benzene rings is 7. The predicted octanol–water partition coefficient (Wildman–Crippen LogP) is 25.3. The highest BCUT2D eigenvalue weighted by molar-refractivity contribution is 5.58. The Balaban J connectivity index is 0.000000186. The van der Waals surface area contributed by atoms with Crippen molar-refractivity contribution in [3.05, 3.63) is 247 Å². The summed E-state index contributed by atoms with van der Waals surface area (Å²) in [5.74, 6) is 0.989. The summed E-state index contributed by atoms with van der Waals surface area (Å²) in [5, 5.41) is 12.7. The Kier molecular flexibility index (Phi) is 41.6. The zero-order chi connectivity index (χ0) is 106. The summed E-state index contributed by atoms with van der Waals surface area (Å²) in [7, 11) is 12.6. The Bertz CT molecular complexity index is 5170. The number of anilines is 2. The number of hydrogen-bond donors (Lipinski definition) is 2. The largest absolute Gasteiger partial charge is 0.492 e. The quantitative estimate of drug-likeness (QED) is 0.0752. The van der Waals surface area contributed by atoms with Crippen molar-refractivity contribution in [3.8, 4) is 5.75 Å². The Morgan fingerprint density at radius 3 is 1.35 bits per heavy atom. The summed E-state index contributed by atoms with van der Waals surface area (Å²) in [4.78, 5) is 24.4. The molecule has 7 heterocycles. The number of β-amino-alcohol motifs (C(OH)–C–C–N with tert-alkyl or cyclic N) is 1. The van der Waals surface area contributed by atoms with Crippen molar-refractivity contribution < 1.29 is 67.3 Å². The summed E-state index contributed by atoms with van der Waals surface area (Å²) >= 11 is 0. The van der Waals surface area contributed by atoms with Crippen molar-refractivity contribution in [2.24, 2.45) is 0 Å². The molecule has 4 atom stereocenters. The van der Waals surface area contributed by atoms with Gasteiger partial charge in [0.25, 0.3) is 0 Å². The molecule has 6 aliphatic heterocycles. The second-order valence-electron chi connectivity index (χ2n) is 48.2. The number of ether oxygens (including phenoxy) is 2. The van der Waals surface area contributed by atoms with Crippen molar-refractivity contribution in [1.29, 1.82) is 0 Å². The van der Waals surface area contributed by atoms with E-state index in [4.69, 9.17) is 9.47 Å². The van der Waals surface area contributed by atoms with Crippen molar-refractivity contribution in [2.45, 2.75) is 303 Å². The fraction of sp³-hybridized carbons (Fsp3) is 0.612. The maximum Gasteiger partial charge on any atom is 0.416 e. The van der Waals surface area contributed by atoms with E-state index in [1.54, 1.807) is 42.4 Å². The van der Waals surface area contributed by atoms with Gasteiger partial charge in [0.2, 0.25) is 0 Å². The first-order valence-corrected chi connectivity index (χ1v) is 51.4. The van der Waals surface area contributed by atoms with E-state index in [-0.39, 0.29) is 61.5 Å². The lowest BCUT2D eigenvalue weighted by Crippen LogP contribution is -2.43. The van der Waals surface area contributed by atoms with Crippen LogP contribution >= 0.6 is 0 Å². The molecule has 7 aliphatic rings. The monoisotopic (exact) mass is 2010 g/mol. The normalized spacial score (nSPS) is 19.3. The van der Waals surface area contributed by atoms with Crippen molar-refractivity contribution in [1.82, 2.24) is 48.8 Å². The summed E-state index contributed by atoms with van der Waals surface area (Å²) in [6.07, 6.45) is 0.0387. The molecule has 7 aromatic carbocycles. The van der Waals surface area contributed by atoms with Gasteiger partial charge in [-0.3, -0.25) is 19.6 Å². The number of piperazine rings is 1. The van der Waals surface area contributed by atoms with E-state index in [0.29, 0.717) is 92.0 Å². The molecule has 15 rings (SSSR count). The molecule has 0 amide bonds. The molecule has 0 radical (unpaired) electrons. The molecule has 796 valence electrons. The van der Waals surface area contributed by atoms with Gasteiger partial charge >= 0.3 is 18.5 Å². The number of halogens is 12. The van der Waals surface area contributed by atoms with Crippen LogP contribution in [0.4, 0.5) is 64.1 Å². The van der Waals surface area contributed by atoms with Gasteiger partial charge in [0.1, 0.15) is 29.8 Å². The molecule has 15 nitrogen and oxygen atoms in total. The molecule has 2 unspecified atom stereocenters. The van der Waals surface area contributed by atoms with Gasteiger partial charge in [-0.25, -0.2) is 18.2 Å². The number of morpholine rings is 1. The Morgan fingerprint density at radius 2 is 0.888 bits per heavy atom. The van der Waals surface area contributed by atoms with Crippen LogP contribution in [0.25, 0.3) is 0 Å². The lowest BCUT2D eigenvalue weighted by atomic mass is 9.84. The van der Waals surface area contributed by atoms with Crippen LogP contribution in [-0.4, -0.2) is 238 Å². The van der Waals surface area contributed by atoms with Gasteiger partial charge < -0.3 is 49.0 Å². The first-order chi connectivity index (χ1) is 66.2. The van der Waals surface area contributed by atoms with Crippen LogP contribution in [0.15, 0.2) is 146 Å². The van der Waals surface area contributed by atoms with E-state index in [1.165, 1.54) is 99.0 Å². The number of para-hydroxylation sites is 1. The number of hydrogen-bond acceptors (Lipinski definition) is 14. The fourth-order valence-electron chi connectivity index (χ4n) is 18.4. The fourth-order valence-corrected chi connectivity index (χ4v) is 18.4. The van der Waals surface area contributed by atoms with Gasteiger partial charge in [0.05, 0.1) is 48.0 Å². The van der Waals surface area contributed by atoms with Gasteiger partial charge in [-0.15, -0.1) is 0 Å². The number of aliphatic hydroxyl groups is 1. The van der Waals surface area contributed by atoms with Gasteiger partial charge in [0.15, 0.2) is 0 Å². The Labute approximate surface area is 849 Å². The standard InChI is InChI=1S/C19H30N2.C18H27F3N2.C17H25F3N2O.C16H22F3NO.C16H25FN2.C16H24FNO.C14H17FN2/c1-19(2,3)18-12-15(11-17(13-18)16-5-6-16)14-21-9-7-20(4)8-10-21;1-17(2,3)14-8-13(9-15(10-14)18(19,20)21)11-23-7-6-16(12-23)22(4)5;1-16(2,3)13-10-14(17(18,19)20)12-15(11-13)21-4-5-22-6-8-23-9-7-22;1-15(2,3)12-6-11(7-13(8-12)16(17,18)19)9-20-5-4-14(21)10-20;1-16(2,3)13-7-6-8-14(17)15(13)19(5)12-9-10-18(4)11-12;1-16(2,3)12-8-13(17)10-15(9-12)19-11-14-6-5-7-18(14)4;1-14(2,3)12-6-11(7-13(15)8-12)9-17-5-4-16-10-17/h11-13,16H,5-10,14H2,1-4H3;8-10,16H,6-7,11-12H2,1-5H3;10-12,21H,4-9H2,1-3H3;6-8,14,21H,4-5,9-10H2,1-3H3;6-8,12H,9-11H2,1-5H3;8-10,14H,5-7,11H2,1-4H3;4-8,10H,9H2,1-3H3/t;16-;;14-;;;/m.1.1.../s1. The number of nitrogens with one attached hydrogen (secondary N) is 1. The molecule has 1 saturated carbocycles. The highest BCUT2D eigenvalue weighted by Gasteiger charge is 2.39. The summed E-state index contributed by atoms with van der Waals surface area (Å²) in [5.41, 5.74) is 10.9. The number of aliphatic hydroxyl groups excluding tert-OH is 1. The molecule has 27 heteroatoms. The summed E-state index contributed by atoms with van der Waals surface area (Å²) in [6, 6.07) is 37.5. The predicted molar refractivity (Wildman–Crippen MR) is 561 cm³/mol. The number of rotatable bonds is 19. The first-order valence-electron chi connectivity index (χ1n) is 51.4. The SMILES string of the molecule is CC(C)(C)c1cc(CN2CC[C@@H](O)C2)cc(C(F)(F)F)c1.CC(C)(C)c1cc(F)cc(Cn2ccnc2)c1.CC(C)(C)c1cc(NCCN2CCOCC2)cc(C(F)(F)F)c1.CN(C)[C@@H]1CCN(Cc2cc(C(C)(C)C)cc(C(F)(F)F)c2)C1.CN1CCC(N(C)c2c(F)cccc2C(C)(C)C)C1.CN1CCCC1COc1cc(F)cc(C(C)(C)C)c1.CN1CCN(Cc2cc(C3CC3)cc(C(C)(C)C)c2)CC1. The Hall–Kier alpha value is -8.09. The highest BCUT2D eigenvalue weighted by atomic mass is 19.4. The second kappa shape index (κ2) is 50.3. The van der Waals surface area contributed by atoms with Crippen LogP contribution in [0, 0.1) is 17.5 Å². The molecule has 7 fully saturated rings. The molecule has 0 bridgehead atoms. The van der Waals surface area contributed by atoms with E-state index < -0.39 is 35.2 Å². The van der Waals surface area contributed by atoms with Gasteiger partial charge in [-0.1, -0.05) is 194 Å². The lowest BCUT2D eigenvalue weighted by Gasteiger charge is -2.33. The molecule has 2 N–H and O–H groups in total. The van der Waals surface area contributed by atoms with Gasteiger partial charge in [-0.05, 0) is 277 Å². The molecular formula is C116H170F12N12O3. The minimum atomic E-state index is -4.33. The maximum atomic E-state index is 14.3. The molecule has 143 heavy (non-hydrogen) atoms. The average Bonchev–Trinajstić information content (AvgIpc) is 1.78. The highest BCUT2D eigenvalue weighted by Crippen LogP contribution is 2.44. The molecule has 1 aliphatic carbocycles. The van der Waals surface area contributed by atoms with Crippen LogP contribution < -0.4 is 15.0 Å². The van der Waals surface area contributed by atoms with Crippen molar-refractivity contribution in [3.63, 3.8) is 0 Å². The van der Waals surface area contributed by atoms with Gasteiger partial charge in [-0.2, -0.15) is 39.5 Å². The van der Waals surface area contributed by atoms with Crippen LogP contribution in [0.1, 0.15) is 280 Å². The average molecular weight is 2010 g/mol. The second-order valence-corrected chi connectivity index (χ2v) is 48.2. The van der Waals surface area contributed by atoms with E-state index in [2.05, 4.69) is 192 Å². The van der Waals surface area contributed by atoms with Gasteiger partial charge in [0, 0.05) is 161 Å². The third-order valence-electron chi connectivity index (χ3n) is 28.0. The number of likely N-dealkylation sites (N-methyl/N-ethyl adjacent to an activating group) is 5. The maximum absolute atomic E-state index is 14.3.